The van der Waals surface area contributed by atoms with Crippen molar-refractivity contribution in [3.05, 3.63) is 71.3 Å². The third-order valence-electron chi connectivity index (χ3n) is 5.65. The minimum atomic E-state index is -0.676. The molecular formula is C24H28F2N2O2. The molecule has 1 aliphatic carbocycles. The number of benzene rings is 2. The van der Waals surface area contributed by atoms with E-state index in [2.05, 4.69) is 5.32 Å². The smallest absolute Gasteiger partial charge is 0.242 e. The summed E-state index contributed by atoms with van der Waals surface area (Å²) in [6.45, 7) is 1.91. The molecule has 0 radical (unpaired) electrons. The van der Waals surface area contributed by atoms with Gasteiger partial charge in [0, 0.05) is 12.6 Å². The van der Waals surface area contributed by atoms with E-state index < -0.39 is 6.04 Å². The zero-order valence-electron chi connectivity index (χ0n) is 17.2. The second kappa shape index (κ2) is 10.3. The molecule has 30 heavy (non-hydrogen) atoms. The molecule has 6 heteroatoms. The Morgan fingerprint density at radius 1 is 0.933 bits per heavy atom. The minimum Gasteiger partial charge on any atom is -0.352 e. The van der Waals surface area contributed by atoms with E-state index in [0.717, 1.165) is 31.2 Å². The third-order valence-corrected chi connectivity index (χ3v) is 5.65. The van der Waals surface area contributed by atoms with Crippen LogP contribution in [0.25, 0.3) is 0 Å². The Morgan fingerprint density at radius 2 is 1.47 bits per heavy atom. The molecule has 1 saturated carbocycles. The van der Waals surface area contributed by atoms with Gasteiger partial charge in [-0.05, 0) is 55.2 Å². The normalized spacial score (nSPS) is 15.4. The molecule has 3 rings (SSSR count). The molecule has 1 fully saturated rings. The molecule has 0 unspecified atom stereocenters. The number of halogens is 2. The van der Waals surface area contributed by atoms with E-state index in [1.807, 2.05) is 0 Å². The number of amides is 2. The van der Waals surface area contributed by atoms with Crippen molar-refractivity contribution in [3.8, 4) is 0 Å². The Morgan fingerprint density at radius 3 is 2.03 bits per heavy atom. The Balaban J connectivity index is 1.74. The number of nitrogens with zero attached hydrogens (tertiary/aromatic N) is 1. The van der Waals surface area contributed by atoms with Crippen LogP contribution in [0.3, 0.4) is 0 Å². The molecule has 0 saturated heterocycles. The van der Waals surface area contributed by atoms with E-state index >= 15 is 0 Å². The minimum absolute atomic E-state index is 0.0581. The van der Waals surface area contributed by atoms with Gasteiger partial charge in [0.15, 0.2) is 0 Å². The zero-order chi connectivity index (χ0) is 21.5. The third kappa shape index (κ3) is 6.12. The second-order valence-corrected chi connectivity index (χ2v) is 7.97. The van der Waals surface area contributed by atoms with Gasteiger partial charge in [0.2, 0.25) is 11.8 Å². The molecule has 2 amide bonds. The molecular weight excluding hydrogens is 386 g/mol. The van der Waals surface area contributed by atoms with Gasteiger partial charge in [0.1, 0.15) is 17.7 Å². The summed E-state index contributed by atoms with van der Waals surface area (Å²) < 4.78 is 26.5. The van der Waals surface area contributed by atoms with Gasteiger partial charge in [0.05, 0.1) is 6.42 Å². The highest BCUT2D eigenvalue weighted by atomic mass is 19.1. The molecule has 2 aromatic carbocycles. The van der Waals surface area contributed by atoms with Gasteiger partial charge >= 0.3 is 0 Å². The molecule has 0 spiro atoms. The summed E-state index contributed by atoms with van der Waals surface area (Å²) in [5.41, 5.74) is 1.41. The lowest BCUT2D eigenvalue weighted by atomic mass is 9.95. The van der Waals surface area contributed by atoms with Crippen LogP contribution in [-0.4, -0.2) is 28.8 Å². The number of hydrogen-bond acceptors (Lipinski definition) is 2. The fourth-order valence-electron chi connectivity index (χ4n) is 3.82. The van der Waals surface area contributed by atoms with E-state index in [0.29, 0.717) is 5.56 Å². The van der Waals surface area contributed by atoms with Gasteiger partial charge in [-0.1, -0.05) is 43.5 Å². The van der Waals surface area contributed by atoms with E-state index in [4.69, 9.17) is 0 Å². The first kappa shape index (κ1) is 21.9. The highest BCUT2D eigenvalue weighted by molar-refractivity contribution is 5.88. The largest absolute Gasteiger partial charge is 0.352 e. The molecule has 0 bridgehead atoms. The molecule has 1 aliphatic rings. The first-order valence-corrected chi connectivity index (χ1v) is 10.5. The lowest BCUT2D eigenvalue weighted by Gasteiger charge is -2.31. The average Bonchev–Trinajstić information content (AvgIpc) is 2.75. The van der Waals surface area contributed by atoms with Gasteiger partial charge in [-0.25, -0.2) is 8.78 Å². The molecule has 1 atom stereocenters. The van der Waals surface area contributed by atoms with Crippen molar-refractivity contribution >= 4 is 11.8 Å². The van der Waals surface area contributed by atoms with Crippen molar-refractivity contribution in [3.63, 3.8) is 0 Å². The lowest BCUT2D eigenvalue weighted by molar-refractivity contribution is -0.140. The first-order valence-electron chi connectivity index (χ1n) is 10.5. The first-order chi connectivity index (χ1) is 14.4. The summed E-state index contributed by atoms with van der Waals surface area (Å²) in [6.07, 6.45) is 5.36. The SMILES string of the molecule is C[C@H](C(=O)NC1CCCCC1)N(Cc1ccc(F)cc1)C(=O)Cc1ccc(F)cc1. The van der Waals surface area contributed by atoms with Crippen LogP contribution in [0.5, 0.6) is 0 Å². The van der Waals surface area contributed by atoms with Crippen LogP contribution in [0.1, 0.15) is 50.2 Å². The highest BCUT2D eigenvalue weighted by Crippen LogP contribution is 2.19. The number of nitrogens with one attached hydrogen (secondary N) is 1. The number of carbonyl (C=O) groups excluding carboxylic acids is 2. The summed E-state index contributed by atoms with van der Waals surface area (Å²) in [5.74, 6) is -1.14. The van der Waals surface area contributed by atoms with Crippen molar-refractivity contribution in [2.45, 2.75) is 64.1 Å². The zero-order valence-corrected chi connectivity index (χ0v) is 17.2. The Hall–Kier alpha value is -2.76. The van der Waals surface area contributed by atoms with E-state index in [-0.39, 0.29) is 42.5 Å². The molecule has 4 nitrogen and oxygen atoms in total. The second-order valence-electron chi connectivity index (χ2n) is 7.97. The maximum atomic E-state index is 13.3. The van der Waals surface area contributed by atoms with Crippen LogP contribution in [0.15, 0.2) is 48.5 Å². The maximum absolute atomic E-state index is 13.3. The fraction of sp³-hybridized carbons (Fsp3) is 0.417. The maximum Gasteiger partial charge on any atom is 0.242 e. The van der Waals surface area contributed by atoms with Crippen molar-refractivity contribution in [1.82, 2.24) is 10.2 Å². The quantitative estimate of drug-likeness (QED) is 0.731. The molecule has 2 aromatic rings. The summed E-state index contributed by atoms with van der Waals surface area (Å²) in [6, 6.07) is 11.1. The number of hydrogen-bond donors (Lipinski definition) is 1. The molecule has 1 N–H and O–H groups in total. The summed E-state index contributed by atoms with van der Waals surface area (Å²) >= 11 is 0. The fourth-order valence-corrected chi connectivity index (χ4v) is 3.82. The van der Waals surface area contributed by atoms with Crippen LogP contribution < -0.4 is 5.32 Å². The summed E-state index contributed by atoms with van der Waals surface area (Å²) in [5, 5.41) is 3.08. The van der Waals surface area contributed by atoms with Crippen molar-refractivity contribution < 1.29 is 18.4 Å². The standard InChI is InChI=1S/C24H28F2N2O2/c1-17(24(30)27-22-5-3-2-4-6-22)28(16-19-9-13-21(26)14-10-19)23(29)15-18-7-11-20(25)12-8-18/h7-14,17,22H,2-6,15-16H2,1H3,(H,27,30)/t17-/m1/s1. The van der Waals surface area contributed by atoms with Crippen LogP contribution in [0, 0.1) is 11.6 Å². The number of carbonyl (C=O) groups is 2. The predicted octanol–water partition coefficient (Wildman–Crippen LogP) is 4.37. The number of rotatable bonds is 7. The summed E-state index contributed by atoms with van der Waals surface area (Å²) in [7, 11) is 0. The van der Waals surface area contributed by atoms with Gasteiger partial charge in [-0.2, -0.15) is 0 Å². The lowest BCUT2D eigenvalue weighted by Crippen LogP contribution is -2.50. The Bertz CT molecular complexity index is 847. The van der Waals surface area contributed by atoms with Crippen molar-refractivity contribution in [2.24, 2.45) is 0 Å². The van der Waals surface area contributed by atoms with E-state index in [9.17, 15) is 18.4 Å². The highest BCUT2D eigenvalue weighted by Gasteiger charge is 2.28. The molecule has 0 aliphatic heterocycles. The average molecular weight is 414 g/mol. The van der Waals surface area contributed by atoms with Gasteiger partial charge in [0.25, 0.3) is 0 Å². The van der Waals surface area contributed by atoms with E-state index in [1.165, 1.54) is 35.6 Å². The van der Waals surface area contributed by atoms with Gasteiger partial charge in [-0.3, -0.25) is 9.59 Å². The van der Waals surface area contributed by atoms with Crippen LogP contribution in [-0.2, 0) is 22.6 Å². The topological polar surface area (TPSA) is 49.4 Å². The van der Waals surface area contributed by atoms with Crippen LogP contribution >= 0.6 is 0 Å². The van der Waals surface area contributed by atoms with Crippen molar-refractivity contribution in [1.29, 1.82) is 0 Å². The summed E-state index contributed by atoms with van der Waals surface area (Å²) in [4.78, 5) is 27.5. The monoisotopic (exact) mass is 414 g/mol. The van der Waals surface area contributed by atoms with Gasteiger partial charge < -0.3 is 10.2 Å². The van der Waals surface area contributed by atoms with Gasteiger partial charge in [-0.15, -0.1) is 0 Å². The van der Waals surface area contributed by atoms with Crippen LogP contribution in [0.2, 0.25) is 0 Å². The Kier molecular flexibility index (Phi) is 7.55. The van der Waals surface area contributed by atoms with Crippen molar-refractivity contribution in [2.75, 3.05) is 0 Å². The van der Waals surface area contributed by atoms with Crippen LogP contribution in [0.4, 0.5) is 8.78 Å². The van der Waals surface area contributed by atoms with E-state index in [1.54, 1.807) is 31.2 Å². The molecule has 0 heterocycles. The Labute approximate surface area is 176 Å². The molecule has 160 valence electrons. The molecule has 0 aromatic heterocycles. The predicted molar refractivity (Wildman–Crippen MR) is 112 cm³/mol.